The average Bonchev–Trinajstić information content (AvgIpc) is 2.81. The van der Waals surface area contributed by atoms with Crippen molar-refractivity contribution in [1.82, 2.24) is 10.2 Å². The monoisotopic (exact) mass is 290 g/mol. The molecule has 2 N–H and O–H groups in total. The molecule has 1 saturated heterocycles. The highest BCUT2D eigenvalue weighted by Gasteiger charge is 2.23. The van der Waals surface area contributed by atoms with E-state index in [2.05, 4.69) is 5.32 Å². The normalized spacial score (nSPS) is 18.9. The van der Waals surface area contributed by atoms with Crippen LogP contribution in [0.2, 0.25) is 0 Å². The molecular formula is C17H26N2O2. The number of nitrogens with zero attached hydrogens (tertiary/aromatic N) is 1. The van der Waals surface area contributed by atoms with Gasteiger partial charge in [-0.2, -0.15) is 0 Å². The Morgan fingerprint density at radius 3 is 2.38 bits per heavy atom. The molecular weight excluding hydrogens is 264 g/mol. The van der Waals surface area contributed by atoms with Crippen LogP contribution in [0.5, 0.6) is 0 Å². The molecule has 4 nitrogen and oxygen atoms in total. The summed E-state index contributed by atoms with van der Waals surface area (Å²) in [5.41, 5.74) is 1.01. The van der Waals surface area contributed by atoms with Crippen LogP contribution in [0.1, 0.15) is 44.2 Å². The summed E-state index contributed by atoms with van der Waals surface area (Å²) >= 11 is 0. The molecule has 2 rings (SSSR count). The third-order valence-corrected chi connectivity index (χ3v) is 4.12. The fourth-order valence-corrected chi connectivity index (χ4v) is 2.88. The van der Waals surface area contributed by atoms with E-state index in [1.165, 1.54) is 12.8 Å². The van der Waals surface area contributed by atoms with Crippen LogP contribution in [-0.2, 0) is 4.79 Å². The van der Waals surface area contributed by atoms with Crippen LogP contribution >= 0.6 is 0 Å². The molecule has 0 bridgehead atoms. The van der Waals surface area contributed by atoms with Crippen LogP contribution in [-0.4, -0.2) is 41.7 Å². The van der Waals surface area contributed by atoms with E-state index in [0.29, 0.717) is 0 Å². The van der Waals surface area contributed by atoms with Crippen LogP contribution in [0.15, 0.2) is 30.3 Å². The average molecular weight is 290 g/mol. The first kappa shape index (κ1) is 16.0. The topological polar surface area (TPSA) is 52.6 Å². The third-order valence-electron chi connectivity index (χ3n) is 4.12. The van der Waals surface area contributed by atoms with Crippen molar-refractivity contribution in [1.29, 1.82) is 0 Å². The molecule has 1 fully saturated rings. The van der Waals surface area contributed by atoms with Gasteiger partial charge in [0.15, 0.2) is 0 Å². The second-order valence-corrected chi connectivity index (χ2v) is 5.77. The number of carbonyl (C=O) groups is 1. The number of nitrogens with one attached hydrogen (secondary N) is 1. The molecule has 1 aliphatic heterocycles. The van der Waals surface area contributed by atoms with E-state index >= 15 is 0 Å². The first-order valence-electron chi connectivity index (χ1n) is 7.93. The van der Waals surface area contributed by atoms with Gasteiger partial charge in [0.05, 0.1) is 18.7 Å². The highest BCUT2D eigenvalue weighted by molar-refractivity contribution is 5.81. The number of hydrogen-bond donors (Lipinski definition) is 2. The zero-order valence-electron chi connectivity index (χ0n) is 12.8. The summed E-state index contributed by atoms with van der Waals surface area (Å²) < 4.78 is 0. The Balaban J connectivity index is 1.95. The summed E-state index contributed by atoms with van der Waals surface area (Å²) in [5.74, 6) is 0.145. The number of amides is 1. The Labute approximate surface area is 127 Å². The van der Waals surface area contributed by atoms with Crippen molar-refractivity contribution in [3.8, 4) is 0 Å². The predicted molar refractivity (Wildman–Crippen MR) is 83.9 cm³/mol. The van der Waals surface area contributed by atoms with E-state index in [0.717, 1.165) is 31.5 Å². The number of benzene rings is 1. The molecule has 1 aromatic rings. The first-order chi connectivity index (χ1) is 10.2. The SMILES string of the molecule is CC(NC(CO)c1ccccc1)C(=O)N1CCCCCC1. The Bertz CT molecular complexity index is 428. The Kier molecular flexibility index (Phi) is 6.21. The fourth-order valence-electron chi connectivity index (χ4n) is 2.88. The third kappa shape index (κ3) is 4.55. The highest BCUT2D eigenvalue weighted by atomic mass is 16.3. The van der Waals surface area contributed by atoms with E-state index in [1.54, 1.807) is 0 Å². The minimum Gasteiger partial charge on any atom is -0.394 e. The van der Waals surface area contributed by atoms with Crippen molar-refractivity contribution < 1.29 is 9.90 Å². The van der Waals surface area contributed by atoms with Crippen molar-refractivity contribution in [3.63, 3.8) is 0 Å². The molecule has 0 radical (unpaired) electrons. The maximum atomic E-state index is 12.5. The van der Waals surface area contributed by atoms with Crippen LogP contribution in [0.4, 0.5) is 0 Å². The van der Waals surface area contributed by atoms with Crippen molar-refractivity contribution in [2.75, 3.05) is 19.7 Å². The second kappa shape index (κ2) is 8.15. The molecule has 2 atom stereocenters. The van der Waals surface area contributed by atoms with Gasteiger partial charge >= 0.3 is 0 Å². The standard InChI is InChI=1S/C17H26N2O2/c1-14(17(21)19-11-7-2-3-8-12-19)18-16(13-20)15-9-5-4-6-10-15/h4-6,9-10,14,16,18,20H,2-3,7-8,11-13H2,1H3. The van der Waals surface area contributed by atoms with Gasteiger partial charge in [-0.1, -0.05) is 43.2 Å². The quantitative estimate of drug-likeness (QED) is 0.873. The second-order valence-electron chi connectivity index (χ2n) is 5.77. The Morgan fingerprint density at radius 2 is 1.81 bits per heavy atom. The molecule has 1 heterocycles. The fraction of sp³-hybridized carbons (Fsp3) is 0.588. The maximum absolute atomic E-state index is 12.5. The van der Waals surface area contributed by atoms with Gasteiger partial charge in [0.25, 0.3) is 0 Å². The van der Waals surface area contributed by atoms with E-state index in [-0.39, 0.29) is 24.6 Å². The molecule has 116 valence electrons. The lowest BCUT2D eigenvalue weighted by atomic mass is 10.1. The number of carbonyl (C=O) groups excluding carboxylic acids is 1. The zero-order chi connectivity index (χ0) is 15.1. The summed E-state index contributed by atoms with van der Waals surface area (Å²) in [5, 5.41) is 12.8. The number of rotatable bonds is 5. The van der Waals surface area contributed by atoms with Gasteiger partial charge in [-0.05, 0) is 25.3 Å². The van der Waals surface area contributed by atoms with Crippen LogP contribution in [0, 0.1) is 0 Å². The maximum Gasteiger partial charge on any atom is 0.239 e. The molecule has 1 aromatic carbocycles. The lowest BCUT2D eigenvalue weighted by molar-refractivity contribution is -0.133. The van der Waals surface area contributed by atoms with Gasteiger partial charge in [0, 0.05) is 13.1 Å². The number of aliphatic hydroxyl groups excluding tert-OH is 1. The van der Waals surface area contributed by atoms with Crippen molar-refractivity contribution >= 4 is 5.91 Å². The summed E-state index contributed by atoms with van der Waals surface area (Å²) in [7, 11) is 0. The van der Waals surface area contributed by atoms with Gasteiger partial charge in [0.2, 0.25) is 5.91 Å². The minimum atomic E-state index is -0.277. The first-order valence-corrected chi connectivity index (χ1v) is 7.93. The lowest BCUT2D eigenvalue weighted by Gasteiger charge is -2.27. The number of hydrogen-bond acceptors (Lipinski definition) is 3. The molecule has 0 aromatic heterocycles. The summed E-state index contributed by atoms with van der Waals surface area (Å²) in [6.07, 6.45) is 4.63. The lowest BCUT2D eigenvalue weighted by Crippen LogP contribution is -2.47. The van der Waals surface area contributed by atoms with Gasteiger partial charge in [-0.25, -0.2) is 0 Å². The van der Waals surface area contributed by atoms with Gasteiger partial charge in [0.1, 0.15) is 0 Å². The molecule has 0 saturated carbocycles. The predicted octanol–water partition coefficient (Wildman–Crippen LogP) is 2.10. The minimum absolute atomic E-state index is 0.0123. The molecule has 2 unspecified atom stereocenters. The number of likely N-dealkylation sites (tertiary alicyclic amines) is 1. The van der Waals surface area contributed by atoms with Gasteiger partial charge < -0.3 is 10.0 Å². The van der Waals surface area contributed by atoms with Gasteiger partial charge in [-0.15, -0.1) is 0 Å². The smallest absolute Gasteiger partial charge is 0.239 e. The Morgan fingerprint density at radius 1 is 1.19 bits per heavy atom. The van der Waals surface area contributed by atoms with E-state index < -0.39 is 0 Å². The van der Waals surface area contributed by atoms with Crippen LogP contribution < -0.4 is 5.32 Å². The summed E-state index contributed by atoms with van der Waals surface area (Å²) in [4.78, 5) is 14.5. The van der Waals surface area contributed by atoms with Crippen molar-refractivity contribution in [2.45, 2.75) is 44.7 Å². The van der Waals surface area contributed by atoms with E-state index in [4.69, 9.17) is 0 Å². The summed E-state index contributed by atoms with van der Waals surface area (Å²) in [6, 6.07) is 9.30. The van der Waals surface area contributed by atoms with Crippen LogP contribution in [0.3, 0.4) is 0 Å². The molecule has 1 aliphatic rings. The number of aliphatic hydroxyl groups is 1. The van der Waals surface area contributed by atoms with Crippen LogP contribution in [0.25, 0.3) is 0 Å². The van der Waals surface area contributed by atoms with Gasteiger partial charge in [-0.3, -0.25) is 10.1 Å². The molecule has 0 spiro atoms. The zero-order valence-corrected chi connectivity index (χ0v) is 12.8. The van der Waals surface area contributed by atoms with Crippen molar-refractivity contribution in [3.05, 3.63) is 35.9 Å². The highest BCUT2D eigenvalue weighted by Crippen LogP contribution is 2.15. The molecule has 1 amide bonds. The van der Waals surface area contributed by atoms with E-state index in [1.807, 2.05) is 42.2 Å². The van der Waals surface area contributed by atoms with Crippen molar-refractivity contribution in [2.24, 2.45) is 0 Å². The van der Waals surface area contributed by atoms with E-state index in [9.17, 15) is 9.90 Å². The largest absolute Gasteiger partial charge is 0.394 e. The Hall–Kier alpha value is -1.39. The molecule has 4 heteroatoms. The molecule has 0 aliphatic carbocycles. The molecule has 21 heavy (non-hydrogen) atoms. The summed E-state index contributed by atoms with van der Waals surface area (Å²) in [6.45, 7) is 3.60.